The van der Waals surface area contributed by atoms with Gasteiger partial charge in [0, 0.05) is 22.1 Å². The molecule has 0 saturated heterocycles. The molecule has 0 amide bonds. The van der Waals surface area contributed by atoms with E-state index in [0.29, 0.717) is 5.02 Å². The van der Waals surface area contributed by atoms with E-state index < -0.39 is 0 Å². The maximum atomic E-state index is 6.43. The zero-order chi connectivity index (χ0) is 16.5. The number of benzene rings is 2. The average Bonchev–Trinajstić information content (AvgIpc) is 2.78. The molecule has 3 nitrogen and oxygen atoms in total. The van der Waals surface area contributed by atoms with Gasteiger partial charge in [-0.05, 0) is 37.5 Å². The van der Waals surface area contributed by atoms with E-state index in [2.05, 4.69) is 33.4 Å². The SMILES string of the molecule is Clc1ccccc1-n1nc(-c2ccccc2Br)c2c1NCCCC2. The Bertz CT molecular complexity index is 818. The van der Waals surface area contributed by atoms with Gasteiger partial charge in [0.15, 0.2) is 0 Å². The van der Waals surface area contributed by atoms with Gasteiger partial charge in [0.25, 0.3) is 0 Å². The molecule has 5 heteroatoms. The highest BCUT2D eigenvalue weighted by atomic mass is 79.9. The number of nitrogens with zero attached hydrogens (tertiary/aromatic N) is 2. The van der Waals surface area contributed by atoms with Crippen LogP contribution in [0.5, 0.6) is 0 Å². The van der Waals surface area contributed by atoms with Crippen LogP contribution in [0, 0.1) is 0 Å². The predicted molar refractivity (Wildman–Crippen MR) is 103 cm³/mol. The van der Waals surface area contributed by atoms with Crippen molar-refractivity contribution in [3.05, 3.63) is 63.6 Å². The van der Waals surface area contributed by atoms with Gasteiger partial charge in [0.1, 0.15) is 5.82 Å². The van der Waals surface area contributed by atoms with Crippen LogP contribution < -0.4 is 5.32 Å². The predicted octanol–water partition coefficient (Wildman–Crippen LogP) is 5.70. The summed E-state index contributed by atoms with van der Waals surface area (Å²) < 4.78 is 3.01. The summed E-state index contributed by atoms with van der Waals surface area (Å²) in [5, 5.41) is 9.19. The first-order chi connectivity index (χ1) is 11.8. The van der Waals surface area contributed by atoms with Crippen molar-refractivity contribution in [2.75, 3.05) is 11.9 Å². The van der Waals surface area contributed by atoms with Crippen LogP contribution in [0.25, 0.3) is 16.9 Å². The van der Waals surface area contributed by atoms with Crippen molar-refractivity contribution in [2.24, 2.45) is 0 Å². The van der Waals surface area contributed by atoms with Crippen molar-refractivity contribution in [1.82, 2.24) is 9.78 Å². The van der Waals surface area contributed by atoms with Crippen LogP contribution in [0.4, 0.5) is 5.82 Å². The van der Waals surface area contributed by atoms with Crippen LogP contribution in [0.3, 0.4) is 0 Å². The zero-order valence-corrected chi connectivity index (χ0v) is 15.4. The Balaban J connectivity index is 1.96. The number of fused-ring (bicyclic) bond motifs is 1. The van der Waals surface area contributed by atoms with Crippen molar-refractivity contribution >= 4 is 33.3 Å². The second-order valence-corrected chi connectivity index (χ2v) is 7.16. The number of rotatable bonds is 2. The van der Waals surface area contributed by atoms with Crippen molar-refractivity contribution in [1.29, 1.82) is 0 Å². The molecule has 0 aliphatic carbocycles. The van der Waals surface area contributed by atoms with Crippen LogP contribution in [-0.4, -0.2) is 16.3 Å². The van der Waals surface area contributed by atoms with Gasteiger partial charge in [-0.25, -0.2) is 4.68 Å². The number of aromatic nitrogens is 2. The van der Waals surface area contributed by atoms with E-state index in [1.807, 2.05) is 41.1 Å². The van der Waals surface area contributed by atoms with Gasteiger partial charge in [-0.1, -0.05) is 57.9 Å². The molecule has 0 atom stereocenters. The summed E-state index contributed by atoms with van der Waals surface area (Å²) in [5.41, 5.74) is 4.30. The highest BCUT2D eigenvalue weighted by Gasteiger charge is 2.23. The summed E-state index contributed by atoms with van der Waals surface area (Å²) >= 11 is 10.1. The van der Waals surface area contributed by atoms with Gasteiger partial charge in [-0.15, -0.1) is 0 Å². The Morgan fingerprint density at radius 3 is 2.67 bits per heavy atom. The third kappa shape index (κ3) is 2.74. The summed E-state index contributed by atoms with van der Waals surface area (Å²) in [6.45, 7) is 0.957. The number of anilines is 1. The number of para-hydroxylation sites is 1. The van der Waals surface area contributed by atoms with Gasteiger partial charge in [-0.3, -0.25) is 0 Å². The van der Waals surface area contributed by atoms with E-state index in [1.165, 1.54) is 5.56 Å². The molecule has 0 unspecified atom stereocenters. The van der Waals surface area contributed by atoms with Crippen molar-refractivity contribution in [2.45, 2.75) is 19.3 Å². The molecule has 0 saturated carbocycles. The van der Waals surface area contributed by atoms with E-state index in [1.54, 1.807) is 0 Å². The van der Waals surface area contributed by atoms with Crippen LogP contribution in [-0.2, 0) is 6.42 Å². The first-order valence-corrected chi connectivity index (χ1v) is 9.28. The first kappa shape index (κ1) is 15.7. The van der Waals surface area contributed by atoms with E-state index in [9.17, 15) is 0 Å². The fourth-order valence-electron chi connectivity index (χ4n) is 3.17. The third-order valence-electron chi connectivity index (χ3n) is 4.34. The fourth-order valence-corrected chi connectivity index (χ4v) is 3.86. The minimum Gasteiger partial charge on any atom is -0.370 e. The summed E-state index contributed by atoms with van der Waals surface area (Å²) in [7, 11) is 0. The average molecular weight is 403 g/mol. The lowest BCUT2D eigenvalue weighted by Gasteiger charge is -2.10. The Labute approximate surface area is 154 Å². The molecular weight excluding hydrogens is 386 g/mol. The standard InChI is InChI=1S/C19H17BrClN3/c20-15-9-2-1-7-13(15)18-14-8-5-6-12-22-19(14)24(23-18)17-11-4-3-10-16(17)21/h1-4,7,9-11,22H,5-6,8,12H2. The summed E-state index contributed by atoms with van der Waals surface area (Å²) in [6, 6.07) is 16.1. The maximum Gasteiger partial charge on any atom is 0.133 e. The molecule has 2 heterocycles. The lowest BCUT2D eigenvalue weighted by atomic mass is 10.0. The molecule has 3 aromatic rings. The molecule has 1 aromatic heterocycles. The van der Waals surface area contributed by atoms with Gasteiger partial charge >= 0.3 is 0 Å². The molecule has 0 fully saturated rings. The lowest BCUT2D eigenvalue weighted by Crippen LogP contribution is -2.07. The second-order valence-electron chi connectivity index (χ2n) is 5.90. The molecule has 1 aliphatic rings. The van der Waals surface area contributed by atoms with Gasteiger partial charge in [0.2, 0.25) is 0 Å². The van der Waals surface area contributed by atoms with E-state index >= 15 is 0 Å². The van der Waals surface area contributed by atoms with Gasteiger partial charge < -0.3 is 5.32 Å². The quantitative estimate of drug-likeness (QED) is 0.595. The van der Waals surface area contributed by atoms with Crippen molar-refractivity contribution in [3.63, 3.8) is 0 Å². The molecular formula is C19H17BrClN3. The lowest BCUT2D eigenvalue weighted by molar-refractivity contribution is 0.780. The molecule has 122 valence electrons. The second kappa shape index (κ2) is 6.61. The van der Waals surface area contributed by atoms with E-state index in [-0.39, 0.29) is 0 Å². The van der Waals surface area contributed by atoms with Crippen LogP contribution >= 0.6 is 27.5 Å². The number of hydrogen-bond donors (Lipinski definition) is 1. The topological polar surface area (TPSA) is 29.9 Å². The molecule has 0 bridgehead atoms. The molecule has 1 N–H and O–H groups in total. The number of hydrogen-bond acceptors (Lipinski definition) is 2. The smallest absolute Gasteiger partial charge is 0.133 e. The molecule has 2 aromatic carbocycles. The van der Waals surface area contributed by atoms with Crippen LogP contribution in [0.15, 0.2) is 53.0 Å². The Kier molecular flexibility index (Phi) is 4.33. The van der Waals surface area contributed by atoms with Crippen molar-refractivity contribution in [3.8, 4) is 16.9 Å². The highest BCUT2D eigenvalue weighted by molar-refractivity contribution is 9.10. The number of nitrogens with one attached hydrogen (secondary N) is 1. The molecule has 4 rings (SSSR count). The van der Waals surface area contributed by atoms with Crippen LogP contribution in [0.1, 0.15) is 18.4 Å². The maximum absolute atomic E-state index is 6.43. The third-order valence-corrected chi connectivity index (χ3v) is 5.35. The first-order valence-electron chi connectivity index (χ1n) is 8.11. The molecule has 0 spiro atoms. The Morgan fingerprint density at radius 1 is 1.04 bits per heavy atom. The highest BCUT2D eigenvalue weighted by Crippen LogP contribution is 2.37. The van der Waals surface area contributed by atoms with Crippen LogP contribution in [0.2, 0.25) is 5.02 Å². The van der Waals surface area contributed by atoms with Gasteiger partial charge in [-0.2, -0.15) is 5.10 Å². The Morgan fingerprint density at radius 2 is 1.83 bits per heavy atom. The summed E-state index contributed by atoms with van der Waals surface area (Å²) in [6.07, 6.45) is 3.34. The molecule has 0 radical (unpaired) electrons. The monoisotopic (exact) mass is 401 g/mol. The summed E-state index contributed by atoms with van der Waals surface area (Å²) in [5.74, 6) is 1.06. The minimum atomic E-state index is 0.701. The van der Waals surface area contributed by atoms with E-state index in [0.717, 1.165) is 53.0 Å². The molecule has 24 heavy (non-hydrogen) atoms. The normalized spacial score (nSPS) is 13.9. The summed E-state index contributed by atoms with van der Waals surface area (Å²) in [4.78, 5) is 0. The van der Waals surface area contributed by atoms with Gasteiger partial charge in [0.05, 0.1) is 16.4 Å². The van der Waals surface area contributed by atoms with Crippen molar-refractivity contribution < 1.29 is 0 Å². The Hall–Kier alpha value is -1.78. The minimum absolute atomic E-state index is 0.701. The fraction of sp³-hybridized carbons (Fsp3) is 0.211. The number of halogens is 2. The molecule has 1 aliphatic heterocycles. The van der Waals surface area contributed by atoms with E-state index in [4.69, 9.17) is 16.7 Å². The zero-order valence-electron chi connectivity index (χ0n) is 13.1. The largest absolute Gasteiger partial charge is 0.370 e.